The smallest absolute Gasteiger partial charge is 0.270 e. The molecule has 2 aromatic heterocycles. The minimum absolute atomic E-state index is 0.0659. The van der Waals surface area contributed by atoms with Crippen molar-refractivity contribution < 1.29 is 9.21 Å². The lowest BCUT2D eigenvalue weighted by Gasteiger charge is -2.29. The summed E-state index contributed by atoms with van der Waals surface area (Å²) < 4.78 is 7.95. The predicted molar refractivity (Wildman–Crippen MR) is 114 cm³/mol. The molecule has 0 unspecified atom stereocenters. The molecule has 0 bridgehead atoms. The van der Waals surface area contributed by atoms with E-state index in [1.54, 1.807) is 0 Å². The SMILES string of the molecule is Cc1cccc(Cn2c(C(=O)N3CCc4ccccc4C3)cc3oc(C)cc32)c1. The summed E-state index contributed by atoms with van der Waals surface area (Å²) >= 11 is 0. The van der Waals surface area contributed by atoms with E-state index in [1.807, 2.05) is 30.0 Å². The lowest BCUT2D eigenvalue weighted by atomic mass is 10.00. The summed E-state index contributed by atoms with van der Waals surface area (Å²) in [6, 6.07) is 20.8. The first-order chi connectivity index (χ1) is 14.1. The lowest BCUT2D eigenvalue weighted by molar-refractivity contribution is 0.0724. The molecule has 5 rings (SSSR count). The molecule has 0 aliphatic carbocycles. The van der Waals surface area contributed by atoms with Gasteiger partial charge in [0.15, 0.2) is 5.58 Å². The largest absolute Gasteiger partial charge is 0.460 e. The van der Waals surface area contributed by atoms with E-state index in [1.165, 1.54) is 22.3 Å². The second kappa shape index (κ2) is 6.96. The summed E-state index contributed by atoms with van der Waals surface area (Å²) in [6.45, 7) is 6.08. The van der Waals surface area contributed by atoms with Crippen molar-refractivity contribution in [2.45, 2.75) is 33.4 Å². The summed E-state index contributed by atoms with van der Waals surface area (Å²) in [4.78, 5) is 15.5. The Morgan fingerprint density at radius 1 is 1.00 bits per heavy atom. The Balaban J connectivity index is 1.52. The van der Waals surface area contributed by atoms with Crippen molar-refractivity contribution in [3.8, 4) is 0 Å². The normalized spacial score (nSPS) is 13.7. The first kappa shape index (κ1) is 17.8. The Bertz CT molecular complexity index is 1210. The fraction of sp³-hybridized carbons (Fsp3) is 0.240. The van der Waals surface area contributed by atoms with E-state index >= 15 is 0 Å². The van der Waals surface area contributed by atoms with Crippen LogP contribution in [0.2, 0.25) is 0 Å². The van der Waals surface area contributed by atoms with Crippen LogP contribution in [0, 0.1) is 13.8 Å². The van der Waals surface area contributed by atoms with Gasteiger partial charge in [0.05, 0.1) is 5.52 Å². The van der Waals surface area contributed by atoms with Crippen LogP contribution in [-0.4, -0.2) is 21.9 Å². The van der Waals surface area contributed by atoms with Crippen LogP contribution in [0.1, 0.15) is 38.5 Å². The van der Waals surface area contributed by atoms with Crippen molar-refractivity contribution in [3.05, 3.63) is 94.4 Å². The topological polar surface area (TPSA) is 38.4 Å². The third kappa shape index (κ3) is 3.25. The van der Waals surface area contributed by atoms with Crippen molar-refractivity contribution in [1.82, 2.24) is 9.47 Å². The van der Waals surface area contributed by atoms with E-state index in [0.29, 0.717) is 18.8 Å². The summed E-state index contributed by atoms with van der Waals surface area (Å²) in [5.74, 6) is 0.926. The van der Waals surface area contributed by atoms with E-state index < -0.39 is 0 Å². The number of carbonyl (C=O) groups is 1. The Hall–Kier alpha value is -3.27. The predicted octanol–water partition coefficient (Wildman–Crippen LogP) is 5.10. The van der Waals surface area contributed by atoms with Gasteiger partial charge in [-0.1, -0.05) is 54.1 Å². The molecule has 0 spiro atoms. The highest BCUT2D eigenvalue weighted by Crippen LogP contribution is 2.27. The minimum Gasteiger partial charge on any atom is -0.460 e. The Labute approximate surface area is 170 Å². The van der Waals surface area contributed by atoms with Crippen LogP contribution >= 0.6 is 0 Å². The van der Waals surface area contributed by atoms with Crippen LogP contribution in [0.15, 0.2) is 65.1 Å². The van der Waals surface area contributed by atoms with Gasteiger partial charge in [0.2, 0.25) is 0 Å². The van der Waals surface area contributed by atoms with E-state index in [9.17, 15) is 4.79 Å². The zero-order chi connectivity index (χ0) is 20.0. The van der Waals surface area contributed by atoms with E-state index in [0.717, 1.165) is 29.8 Å². The van der Waals surface area contributed by atoms with Crippen molar-refractivity contribution in [2.24, 2.45) is 0 Å². The fourth-order valence-corrected chi connectivity index (χ4v) is 4.34. The van der Waals surface area contributed by atoms with Crippen molar-refractivity contribution in [1.29, 1.82) is 0 Å². The average Bonchev–Trinajstić information content (AvgIpc) is 3.24. The van der Waals surface area contributed by atoms with Gasteiger partial charge in [-0.3, -0.25) is 4.79 Å². The molecule has 29 heavy (non-hydrogen) atoms. The molecule has 4 nitrogen and oxygen atoms in total. The van der Waals surface area contributed by atoms with Gasteiger partial charge in [-0.05, 0) is 37.0 Å². The van der Waals surface area contributed by atoms with Gasteiger partial charge >= 0.3 is 0 Å². The molecule has 0 fully saturated rings. The molecule has 146 valence electrons. The second-order valence-electron chi connectivity index (χ2n) is 7.96. The molecule has 0 N–H and O–H groups in total. The molecule has 4 heteroatoms. The molecule has 1 aliphatic rings. The molecule has 1 amide bonds. The Morgan fingerprint density at radius 3 is 2.66 bits per heavy atom. The lowest BCUT2D eigenvalue weighted by Crippen LogP contribution is -2.37. The molecule has 0 saturated heterocycles. The first-order valence-corrected chi connectivity index (χ1v) is 10.1. The quantitative estimate of drug-likeness (QED) is 0.493. The third-order valence-electron chi connectivity index (χ3n) is 5.77. The maximum atomic E-state index is 13.5. The molecule has 4 aromatic rings. The van der Waals surface area contributed by atoms with Gasteiger partial charge in [0.25, 0.3) is 5.91 Å². The number of carbonyl (C=O) groups excluding carboxylic acids is 1. The molecule has 0 radical (unpaired) electrons. The number of amides is 1. The van der Waals surface area contributed by atoms with Gasteiger partial charge in [-0.2, -0.15) is 0 Å². The number of rotatable bonds is 3. The summed E-state index contributed by atoms with van der Waals surface area (Å²) in [6.07, 6.45) is 0.899. The average molecular weight is 384 g/mol. The van der Waals surface area contributed by atoms with Crippen molar-refractivity contribution >= 4 is 17.0 Å². The van der Waals surface area contributed by atoms with E-state index in [4.69, 9.17) is 4.42 Å². The van der Waals surface area contributed by atoms with E-state index in [2.05, 4.69) is 54.0 Å². The second-order valence-corrected chi connectivity index (χ2v) is 7.96. The highest BCUT2D eigenvalue weighted by molar-refractivity contribution is 5.97. The summed E-state index contributed by atoms with van der Waals surface area (Å²) in [5.41, 5.74) is 7.42. The Kier molecular flexibility index (Phi) is 4.27. The molecule has 1 aliphatic heterocycles. The number of benzene rings is 2. The first-order valence-electron chi connectivity index (χ1n) is 10.1. The van der Waals surface area contributed by atoms with Gasteiger partial charge in [-0.25, -0.2) is 0 Å². The number of aromatic nitrogens is 1. The van der Waals surface area contributed by atoms with Gasteiger partial charge < -0.3 is 13.9 Å². The number of hydrogen-bond acceptors (Lipinski definition) is 2. The van der Waals surface area contributed by atoms with Crippen LogP contribution < -0.4 is 0 Å². The zero-order valence-corrected chi connectivity index (χ0v) is 16.8. The third-order valence-corrected chi connectivity index (χ3v) is 5.77. The van der Waals surface area contributed by atoms with Crippen molar-refractivity contribution in [2.75, 3.05) is 6.54 Å². The monoisotopic (exact) mass is 384 g/mol. The maximum absolute atomic E-state index is 13.5. The van der Waals surface area contributed by atoms with Crippen LogP contribution in [0.5, 0.6) is 0 Å². The van der Waals surface area contributed by atoms with Crippen LogP contribution in [0.25, 0.3) is 11.1 Å². The fourth-order valence-electron chi connectivity index (χ4n) is 4.34. The standard InChI is InChI=1S/C25H24N2O2/c1-17-6-5-7-19(12-17)15-27-22-13-18(2)29-24(22)14-23(27)25(28)26-11-10-20-8-3-4-9-21(20)16-26/h3-9,12-14H,10-11,15-16H2,1-2H3. The highest BCUT2D eigenvalue weighted by atomic mass is 16.3. The molecular weight excluding hydrogens is 360 g/mol. The number of nitrogens with zero attached hydrogens (tertiary/aromatic N) is 2. The van der Waals surface area contributed by atoms with Crippen LogP contribution in [-0.2, 0) is 19.5 Å². The zero-order valence-electron chi connectivity index (χ0n) is 16.8. The number of hydrogen-bond donors (Lipinski definition) is 0. The maximum Gasteiger partial charge on any atom is 0.270 e. The molecule has 2 aromatic carbocycles. The molecular formula is C25H24N2O2. The highest BCUT2D eigenvalue weighted by Gasteiger charge is 2.26. The van der Waals surface area contributed by atoms with Crippen LogP contribution in [0.3, 0.4) is 0 Å². The summed E-state index contributed by atoms with van der Waals surface area (Å²) in [7, 11) is 0. The summed E-state index contributed by atoms with van der Waals surface area (Å²) in [5, 5.41) is 0. The van der Waals surface area contributed by atoms with E-state index in [-0.39, 0.29) is 5.91 Å². The number of fused-ring (bicyclic) bond motifs is 2. The number of furan rings is 1. The molecule has 0 saturated carbocycles. The van der Waals surface area contributed by atoms with Gasteiger partial charge in [0.1, 0.15) is 11.5 Å². The number of aryl methyl sites for hydroxylation is 2. The minimum atomic E-state index is 0.0659. The molecule has 3 heterocycles. The van der Waals surface area contributed by atoms with Crippen LogP contribution in [0.4, 0.5) is 0 Å². The van der Waals surface area contributed by atoms with Crippen molar-refractivity contribution in [3.63, 3.8) is 0 Å². The van der Waals surface area contributed by atoms with Gasteiger partial charge in [-0.15, -0.1) is 0 Å². The molecule has 0 atom stereocenters. The Morgan fingerprint density at radius 2 is 1.83 bits per heavy atom. The van der Waals surface area contributed by atoms with Gasteiger partial charge in [0, 0.05) is 31.8 Å².